The average molecular weight is 219 g/mol. The third kappa shape index (κ3) is 1.07. The van der Waals surface area contributed by atoms with Crippen LogP contribution in [0, 0.1) is 0 Å². The number of aromatic amines is 1. The lowest BCUT2D eigenvalue weighted by atomic mass is 10.2. The van der Waals surface area contributed by atoms with Gasteiger partial charge in [0.05, 0.1) is 5.52 Å². The normalized spacial score (nSPS) is 11.2. The zero-order valence-corrected chi connectivity index (χ0v) is 8.26. The first-order chi connectivity index (χ1) is 7.29. The molecule has 3 rings (SSSR count). The molecule has 0 saturated carbocycles. The van der Waals surface area contributed by atoms with Gasteiger partial charge < -0.3 is 4.42 Å². The lowest BCUT2D eigenvalue weighted by Gasteiger charge is -1.91. The molecule has 0 bridgehead atoms. The van der Waals surface area contributed by atoms with Gasteiger partial charge in [0.1, 0.15) is 0 Å². The zero-order chi connectivity index (χ0) is 10.4. The van der Waals surface area contributed by atoms with E-state index in [0.717, 1.165) is 11.0 Å². The Kier molecular flexibility index (Phi) is 1.58. The lowest BCUT2D eigenvalue weighted by molar-refractivity contribution is 0.112. The highest BCUT2D eigenvalue weighted by Crippen LogP contribution is 2.30. The van der Waals surface area contributed by atoms with Gasteiger partial charge in [0.25, 0.3) is 0 Å². The second kappa shape index (κ2) is 2.80. The summed E-state index contributed by atoms with van der Waals surface area (Å²) in [5.74, 6) is -0.499. The van der Waals surface area contributed by atoms with E-state index in [0.29, 0.717) is 22.0 Å². The van der Waals surface area contributed by atoms with Crippen LogP contribution >= 0.6 is 11.3 Å². The number of fused-ring (bicyclic) bond motifs is 3. The highest BCUT2D eigenvalue weighted by atomic mass is 32.1. The van der Waals surface area contributed by atoms with Crippen molar-refractivity contribution in [3.05, 3.63) is 33.6 Å². The van der Waals surface area contributed by atoms with E-state index < -0.39 is 5.76 Å². The van der Waals surface area contributed by atoms with Gasteiger partial charge in [0.15, 0.2) is 11.9 Å². The van der Waals surface area contributed by atoms with Crippen molar-refractivity contribution in [3.63, 3.8) is 0 Å². The van der Waals surface area contributed by atoms with E-state index in [1.165, 1.54) is 11.3 Å². The summed E-state index contributed by atoms with van der Waals surface area (Å²) in [6.07, 6.45) is 0.769. The van der Waals surface area contributed by atoms with Crippen LogP contribution in [0.1, 0.15) is 10.4 Å². The van der Waals surface area contributed by atoms with Gasteiger partial charge in [-0.25, -0.2) is 4.79 Å². The molecule has 3 aromatic rings. The number of nitrogens with one attached hydrogen (secondary N) is 1. The highest BCUT2D eigenvalue weighted by Gasteiger charge is 2.11. The summed E-state index contributed by atoms with van der Waals surface area (Å²) in [5, 5.41) is 2.47. The van der Waals surface area contributed by atoms with Crippen molar-refractivity contribution < 1.29 is 9.21 Å². The molecule has 0 fully saturated rings. The zero-order valence-electron chi connectivity index (χ0n) is 7.44. The first-order valence-electron chi connectivity index (χ1n) is 4.28. The standard InChI is InChI=1S/C10H5NO3S/c12-3-5-4-15-7-2-1-6-9(8(5)7)14-10(13)11-6/h1-4H,(H,11,13). The Labute approximate surface area is 87.1 Å². The minimum Gasteiger partial charge on any atom is -0.407 e. The molecule has 2 aromatic heterocycles. The molecular formula is C10H5NO3S. The molecular weight excluding hydrogens is 214 g/mol. The van der Waals surface area contributed by atoms with Crippen LogP contribution in [-0.2, 0) is 0 Å². The van der Waals surface area contributed by atoms with E-state index in [4.69, 9.17) is 4.42 Å². The Balaban J connectivity index is 2.66. The summed E-state index contributed by atoms with van der Waals surface area (Å²) >= 11 is 1.46. The maximum atomic E-state index is 11.0. The summed E-state index contributed by atoms with van der Waals surface area (Å²) < 4.78 is 5.96. The predicted octanol–water partition coefficient (Wildman–Crippen LogP) is 2.15. The van der Waals surface area contributed by atoms with E-state index >= 15 is 0 Å². The van der Waals surface area contributed by atoms with Gasteiger partial charge in [-0.1, -0.05) is 0 Å². The fourth-order valence-corrected chi connectivity index (χ4v) is 2.54. The van der Waals surface area contributed by atoms with Crippen molar-refractivity contribution in [1.82, 2.24) is 4.98 Å². The largest absolute Gasteiger partial charge is 0.417 e. The van der Waals surface area contributed by atoms with Crippen LogP contribution in [0.3, 0.4) is 0 Å². The molecule has 0 aliphatic carbocycles. The Morgan fingerprint density at radius 3 is 3.07 bits per heavy atom. The number of benzene rings is 1. The summed E-state index contributed by atoms with van der Waals surface area (Å²) in [6, 6.07) is 3.63. The molecule has 74 valence electrons. The number of oxazole rings is 1. The predicted molar refractivity (Wildman–Crippen MR) is 57.6 cm³/mol. The van der Waals surface area contributed by atoms with Crippen molar-refractivity contribution in [3.8, 4) is 0 Å². The second-order valence-corrected chi connectivity index (χ2v) is 4.05. The van der Waals surface area contributed by atoms with Crippen LogP contribution in [0.5, 0.6) is 0 Å². The van der Waals surface area contributed by atoms with E-state index in [1.54, 1.807) is 11.4 Å². The number of carbonyl (C=O) groups excluding carboxylic acids is 1. The van der Waals surface area contributed by atoms with Crippen molar-refractivity contribution in [1.29, 1.82) is 0 Å². The molecule has 0 amide bonds. The summed E-state index contributed by atoms with van der Waals surface area (Å²) in [4.78, 5) is 24.4. The number of aldehydes is 1. The van der Waals surface area contributed by atoms with E-state index in [1.807, 2.05) is 6.07 Å². The molecule has 0 radical (unpaired) electrons. The summed E-state index contributed by atoms with van der Waals surface area (Å²) in [7, 11) is 0. The van der Waals surface area contributed by atoms with Crippen molar-refractivity contribution >= 4 is 38.8 Å². The maximum Gasteiger partial charge on any atom is 0.417 e. The maximum absolute atomic E-state index is 11.0. The molecule has 0 spiro atoms. The summed E-state index contributed by atoms with van der Waals surface area (Å²) in [5.41, 5.74) is 1.64. The fraction of sp³-hybridized carbons (Fsp3) is 0. The number of rotatable bonds is 1. The van der Waals surface area contributed by atoms with Gasteiger partial charge >= 0.3 is 5.76 Å². The molecule has 0 aliphatic rings. The number of hydrogen-bond donors (Lipinski definition) is 1. The number of carbonyl (C=O) groups is 1. The first-order valence-corrected chi connectivity index (χ1v) is 5.16. The minimum atomic E-state index is -0.499. The van der Waals surface area contributed by atoms with Crippen LogP contribution in [-0.4, -0.2) is 11.3 Å². The molecule has 1 aromatic carbocycles. The lowest BCUT2D eigenvalue weighted by Crippen LogP contribution is -1.92. The third-order valence-electron chi connectivity index (χ3n) is 2.28. The van der Waals surface area contributed by atoms with Gasteiger partial charge in [-0.15, -0.1) is 11.3 Å². The Bertz CT molecular complexity index is 719. The van der Waals surface area contributed by atoms with Gasteiger partial charge in [-0.05, 0) is 12.1 Å². The van der Waals surface area contributed by atoms with Crippen LogP contribution in [0.2, 0.25) is 0 Å². The second-order valence-electron chi connectivity index (χ2n) is 3.14. The molecule has 4 nitrogen and oxygen atoms in total. The van der Waals surface area contributed by atoms with Crippen LogP contribution in [0.4, 0.5) is 0 Å². The quantitative estimate of drug-likeness (QED) is 0.638. The average Bonchev–Trinajstić information content (AvgIpc) is 2.78. The number of hydrogen-bond acceptors (Lipinski definition) is 4. The molecule has 5 heteroatoms. The number of thiophene rings is 1. The molecule has 15 heavy (non-hydrogen) atoms. The van der Waals surface area contributed by atoms with Crippen LogP contribution in [0.15, 0.2) is 26.7 Å². The first kappa shape index (κ1) is 8.43. The fourth-order valence-electron chi connectivity index (χ4n) is 1.64. The van der Waals surface area contributed by atoms with Crippen molar-refractivity contribution in [2.24, 2.45) is 0 Å². The molecule has 0 atom stereocenters. The van der Waals surface area contributed by atoms with Crippen molar-refractivity contribution in [2.75, 3.05) is 0 Å². The van der Waals surface area contributed by atoms with Gasteiger partial charge in [-0.2, -0.15) is 0 Å². The Hall–Kier alpha value is -1.88. The topological polar surface area (TPSA) is 63.1 Å². The van der Waals surface area contributed by atoms with E-state index in [9.17, 15) is 9.59 Å². The van der Waals surface area contributed by atoms with E-state index in [2.05, 4.69) is 4.98 Å². The molecule has 0 saturated heterocycles. The number of H-pyrrole nitrogens is 1. The highest BCUT2D eigenvalue weighted by molar-refractivity contribution is 7.17. The smallest absolute Gasteiger partial charge is 0.407 e. The molecule has 0 aliphatic heterocycles. The Morgan fingerprint density at radius 2 is 2.27 bits per heavy atom. The third-order valence-corrected chi connectivity index (χ3v) is 3.25. The molecule has 0 unspecified atom stereocenters. The SMILES string of the molecule is O=Cc1csc2ccc3[nH]c(=O)oc3c12. The van der Waals surface area contributed by atoms with Gasteiger partial charge in [0.2, 0.25) is 0 Å². The molecule has 1 N–H and O–H groups in total. The van der Waals surface area contributed by atoms with Crippen LogP contribution < -0.4 is 5.76 Å². The van der Waals surface area contributed by atoms with E-state index in [-0.39, 0.29) is 0 Å². The van der Waals surface area contributed by atoms with Gasteiger partial charge in [0, 0.05) is 21.0 Å². The Morgan fingerprint density at radius 1 is 1.40 bits per heavy atom. The van der Waals surface area contributed by atoms with Crippen molar-refractivity contribution in [2.45, 2.75) is 0 Å². The van der Waals surface area contributed by atoms with Crippen LogP contribution in [0.25, 0.3) is 21.2 Å². The minimum absolute atomic E-state index is 0.459. The number of aromatic nitrogens is 1. The van der Waals surface area contributed by atoms with Gasteiger partial charge in [-0.3, -0.25) is 9.78 Å². The monoisotopic (exact) mass is 219 g/mol. The summed E-state index contributed by atoms with van der Waals surface area (Å²) in [6.45, 7) is 0. The molecule has 2 heterocycles.